The normalized spacial score (nSPS) is 20.4. The minimum Gasteiger partial charge on any atom is -0.493 e. The van der Waals surface area contributed by atoms with Gasteiger partial charge < -0.3 is 24.4 Å². The average Bonchev–Trinajstić information content (AvgIpc) is 3.42. The molecule has 1 saturated carbocycles. The molecule has 1 heterocycles. The molecule has 2 fully saturated rings. The molecule has 0 spiro atoms. The monoisotopic (exact) mass is 520 g/mol. The van der Waals surface area contributed by atoms with Crippen LogP contribution >= 0.6 is 0 Å². The van der Waals surface area contributed by atoms with Gasteiger partial charge in [0.25, 0.3) is 11.8 Å². The molecule has 4 rings (SSSR count). The number of carbonyl (C=O) groups excluding carboxylic acids is 2. The molecule has 0 aromatic heterocycles. The van der Waals surface area contributed by atoms with Crippen molar-refractivity contribution in [1.29, 1.82) is 0 Å². The Hall–Kier alpha value is -3.43. The van der Waals surface area contributed by atoms with Crippen molar-refractivity contribution in [3.8, 4) is 17.2 Å². The van der Waals surface area contributed by atoms with Crippen LogP contribution in [0.4, 0.5) is 13.2 Å². The summed E-state index contributed by atoms with van der Waals surface area (Å²) in [5.74, 6) is -0.00854. The Bertz CT molecular complexity index is 1120. The van der Waals surface area contributed by atoms with E-state index in [-0.39, 0.29) is 23.4 Å². The lowest BCUT2D eigenvalue weighted by Gasteiger charge is -2.42. The molecule has 1 saturated heterocycles. The van der Waals surface area contributed by atoms with Crippen LogP contribution in [0.1, 0.15) is 52.8 Å². The van der Waals surface area contributed by atoms with Crippen molar-refractivity contribution in [1.82, 2.24) is 10.2 Å². The van der Waals surface area contributed by atoms with Gasteiger partial charge >= 0.3 is 6.36 Å². The summed E-state index contributed by atoms with van der Waals surface area (Å²) in [6, 6.07) is 10.1. The van der Waals surface area contributed by atoms with E-state index in [1.807, 2.05) is 0 Å². The number of amides is 2. The van der Waals surface area contributed by atoms with Crippen molar-refractivity contribution in [3.05, 3.63) is 53.6 Å². The standard InChI is InChI=1S/C27H31F3N2O5/c1-35-23-12-11-18(15-24(23)36-2)26(34)32-14-13-21(20(16-32)17-7-3-4-8-17)31-25(33)19-9-5-6-10-22(19)37-27(28,29)30/h5-6,9-12,15,17,20-21H,3-4,7-8,13-14,16H2,1-2H3,(H,31,33). The first-order valence-electron chi connectivity index (χ1n) is 12.4. The zero-order valence-corrected chi connectivity index (χ0v) is 20.8. The third kappa shape index (κ3) is 6.29. The fraction of sp³-hybridized carbons (Fsp3) is 0.481. The van der Waals surface area contributed by atoms with Crippen LogP contribution in [0.25, 0.3) is 0 Å². The Morgan fingerprint density at radius 3 is 2.32 bits per heavy atom. The van der Waals surface area contributed by atoms with Gasteiger partial charge in [0.2, 0.25) is 0 Å². The minimum atomic E-state index is -4.90. The molecule has 0 radical (unpaired) electrons. The highest BCUT2D eigenvalue weighted by Crippen LogP contribution is 2.37. The number of methoxy groups -OCH3 is 2. The second-order valence-electron chi connectivity index (χ2n) is 9.44. The fourth-order valence-electron chi connectivity index (χ4n) is 5.47. The molecule has 2 atom stereocenters. The number of alkyl halides is 3. The largest absolute Gasteiger partial charge is 0.573 e. The lowest BCUT2D eigenvalue weighted by atomic mass is 9.80. The average molecular weight is 521 g/mol. The van der Waals surface area contributed by atoms with Crippen molar-refractivity contribution in [2.45, 2.75) is 44.5 Å². The van der Waals surface area contributed by atoms with Crippen LogP contribution in [0.3, 0.4) is 0 Å². The van der Waals surface area contributed by atoms with E-state index in [4.69, 9.17) is 9.47 Å². The highest BCUT2D eigenvalue weighted by Gasteiger charge is 2.39. The minimum absolute atomic E-state index is 0.0139. The number of nitrogens with one attached hydrogen (secondary N) is 1. The van der Waals surface area contributed by atoms with E-state index >= 15 is 0 Å². The summed E-state index contributed by atoms with van der Waals surface area (Å²) in [5, 5.41) is 2.96. The number of nitrogens with zero attached hydrogens (tertiary/aromatic N) is 1. The number of halogens is 3. The number of carbonyl (C=O) groups is 2. The Morgan fingerprint density at radius 1 is 0.946 bits per heavy atom. The summed E-state index contributed by atoms with van der Waals surface area (Å²) in [4.78, 5) is 28.2. The van der Waals surface area contributed by atoms with E-state index in [0.717, 1.165) is 31.7 Å². The molecule has 2 amide bonds. The van der Waals surface area contributed by atoms with Gasteiger partial charge in [-0.25, -0.2) is 0 Å². The van der Waals surface area contributed by atoms with E-state index in [1.54, 1.807) is 23.1 Å². The van der Waals surface area contributed by atoms with Crippen LogP contribution < -0.4 is 19.5 Å². The predicted molar refractivity (Wildman–Crippen MR) is 130 cm³/mol. The summed E-state index contributed by atoms with van der Waals surface area (Å²) < 4.78 is 53.2. The van der Waals surface area contributed by atoms with Gasteiger partial charge in [-0.3, -0.25) is 9.59 Å². The number of hydrogen-bond donors (Lipinski definition) is 1. The van der Waals surface area contributed by atoms with Gasteiger partial charge in [-0.1, -0.05) is 37.8 Å². The molecule has 1 aliphatic carbocycles. The maximum atomic E-state index is 13.4. The van der Waals surface area contributed by atoms with E-state index in [9.17, 15) is 22.8 Å². The fourth-order valence-corrected chi connectivity index (χ4v) is 5.47. The molecule has 2 aromatic rings. The van der Waals surface area contributed by atoms with Gasteiger partial charge in [-0.2, -0.15) is 0 Å². The maximum Gasteiger partial charge on any atom is 0.573 e. The summed E-state index contributed by atoms with van der Waals surface area (Å²) in [6.45, 7) is 0.853. The SMILES string of the molecule is COc1ccc(C(=O)N2CCC(NC(=O)c3ccccc3OC(F)(F)F)C(C3CCCC3)C2)cc1OC. The van der Waals surface area contributed by atoms with Gasteiger partial charge in [-0.15, -0.1) is 13.2 Å². The predicted octanol–water partition coefficient (Wildman–Crippen LogP) is 5.05. The molecule has 2 aromatic carbocycles. The topological polar surface area (TPSA) is 77.1 Å². The summed E-state index contributed by atoms with van der Waals surface area (Å²) in [7, 11) is 3.03. The summed E-state index contributed by atoms with van der Waals surface area (Å²) >= 11 is 0. The Labute approximate surface area is 213 Å². The number of para-hydroxylation sites is 1. The van der Waals surface area contributed by atoms with Crippen LogP contribution in [0.15, 0.2) is 42.5 Å². The quantitative estimate of drug-likeness (QED) is 0.553. The molecule has 0 bridgehead atoms. The second-order valence-corrected chi connectivity index (χ2v) is 9.44. The Balaban J connectivity index is 1.51. The van der Waals surface area contributed by atoms with Crippen LogP contribution in [0.5, 0.6) is 17.2 Å². The second kappa shape index (κ2) is 11.3. The number of ether oxygens (including phenoxy) is 3. The van der Waals surface area contributed by atoms with Gasteiger partial charge in [0.05, 0.1) is 19.8 Å². The third-order valence-corrected chi connectivity index (χ3v) is 7.25. The zero-order valence-electron chi connectivity index (χ0n) is 20.8. The van der Waals surface area contributed by atoms with E-state index in [2.05, 4.69) is 10.1 Å². The zero-order chi connectivity index (χ0) is 26.6. The number of likely N-dealkylation sites (tertiary alicyclic amines) is 1. The van der Waals surface area contributed by atoms with Crippen LogP contribution in [-0.2, 0) is 0 Å². The van der Waals surface area contributed by atoms with Crippen LogP contribution in [0.2, 0.25) is 0 Å². The number of piperidine rings is 1. The molecule has 1 aliphatic heterocycles. The van der Waals surface area contributed by atoms with Crippen LogP contribution in [-0.4, -0.2) is 56.4 Å². The first kappa shape index (κ1) is 26.6. The number of benzene rings is 2. The van der Waals surface area contributed by atoms with Gasteiger partial charge in [0.1, 0.15) is 5.75 Å². The van der Waals surface area contributed by atoms with Crippen molar-refractivity contribution in [2.75, 3.05) is 27.3 Å². The lowest BCUT2D eigenvalue weighted by molar-refractivity contribution is -0.274. The molecule has 2 unspecified atom stereocenters. The van der Waals surface area contributed by atoms with Crippen molar-refractivity contribution in [2.24, 2.45) is 11.8 Å². The van der Waals surface area contributed by atoms with Gasteiger partial charge in [0.15, 0.2) is 11.5 Å². The van der Waals surface area contributed by atoms with Gasteiger partial charge in [-0.05, 0) is 48.6 Å². The lowest BCUT2D eigenvalue weighted by Crippen LogP contribution is -2.54. The molecule has 1 N–H and O–H groups in total. The number of rotatable bonds is 7. The summed E-state index contributed by atoms with van der Waals surface area (Å²) in [5.41, 5.74) is 0.303. The molecule has 10 heteroatoms. The molecular weight excluding hydrogens is 489 g/mol. The molecule has 200 valence electrons. The Kier molecular flexibility index (Phi) is 8.14. The first-order valence-corrected chi connectivity index (χ1v) is 12.4. The van der Waals surface area contributed by atoms with Gasteiger partial charge in [0, 0.05) is 24.7 Å². The van der Waals surface area contributed by atoms with Crippen molar-refractivity contribution >= 4 is 11.8 Å². The summed E-state index contributed by atoms with van der Waals surface area (Å²) in [6.07, 6.45) is -0.277. The van der Waals surface area contributed by atoms with Crippen LogP contribution in [0, 0.1) is 11.8 Å². The molecule has 37 heavy (non-hydrogen) atoms. The van der Waals surface area contributed by atoms with E-state index in [0.29, 0.717) is 42.5 Å². The maximum absolute atomic E-state index is 13.4. The highest BCUT2D eigenvalue weighted by atomic mass is 19.4. The molecule has 7 nitrogen and oxygen atoms in total. The van der Waals surface area contributed by atoms with Crippen molar-refractivity contribution < 1.29 is 37.0 Å². The smallest absolute Gasteiger partial charge is 0.493 e. The highest BCUT2D eigenvalue weighted by molar-refractivity contribution is 5.97. The third-order valence-electron chi connectivity index (χ3n) is 7.25. The van der Waals surface area contributed by atoms with Crippen molar-refractivity contribution in [3.63, 3.8) is 0 Å². The first-order chi connectivity index (χ1) is 17.7. The van der Waals surface area contributed by atoms with E-state index < -0.39 is 18.0 Å². The molecule has 2 aliphatic rings. The van der Waals surface area contributed by atoms with E-state index in [1.165, 1.54) is 32.4 Å². The molecular formula is C27H31F3N2O5. The number of hydrogen-bond acceptors (Lipinski definition) is 5. The Morgan fingerprint density at radius 2 is 1.65 bits per heavy atom.